The van der Waals surface area contributed by atoms with Crippen LogP contribution in [-0.2, 0) is 6.54 Å². The average molecular weight is 267 g/mol. The zero-order valence-electron chi connectivity index (χ0n) is 11.9. The van der Waals surface area contributed by atoms with E-state index in [0.29, 0.717) is 13.1 Å². The molecule has 19 heavy (non-hydrogen) atoms. The van der Waals surface area contributed by atoms with E-state index in [2.05, 4.69) is 0 Å². The molecule has 1 aromatic carbocycles. The summed E-state index contributed by atoms with van der Waals surface area (Å²) < 4.78 is 0. The number of aliphatic hydroxyl groups excluding tert-OH is 3. The van der Waals surface area contributed by atoms with Crippen molar-refractivity contribution < 1.29 is 15.3 Å². The van der Waals surface area contributed by atoms with E-state index in [-0.39, 0.29) is 5.92 Å². The largest absolute Gasteiger partial charge is 0.390 e. The Balaban J connectivity index is 2.45. The molecule has 4 heteroatoms. The van der Waals surface area contributed by atoms with Crippen LogP contribution >= 0.6 is 0 Å². The smallest absolute Gasteiger partial charge is 0.107 e. The molecule has 0 bridgehead atoms. The van der Waals surface area contributed by atoms with Crippen LogP contribution in [0.4, 0.5) is 0 Å². The first kappa shape index (κ1) is 16.1. The second-order valence-electron chi connectivity index (χ2n) is 5.47. The van der Waals surface area contributed by atoms with Crippen molar-refractivity contribution in [1.29, 1.82) is 0 Å². The molecule has 0 fully saturated rings. The van der Waals surface area contributed by atoms with Crippen LogP contribution in [0.15, 0.2) is 30.3 Å². The summed E-state index contributed by atoms with van der Waals surface area (Å²) in [6.07, 6.45) is -2.97. The number of hydrogen-bond acceptors (Lipinski definition) is 4. The van der Waals surface area contributed by atoms with Gasteiger partial charge in [0.15, 0.2) is 0 Å². The third-order valence-electron chi connectivity index (χ3n) is 3.22. The molecule has 3 atom stereocenters. The van der Waals surface area contributed by atoms with Gasteiger partial charge >= 0.3 is 0 Å². The van der Waals surface area contributed by atoms with Crippen molar-refractivity contribution in [1.82, 2.24) is 4.90 Å². The Labute approximate surface area is 115 Å². The Bertz CT molecular complexity index is 356. The molecule has 0 aliphatic rings. The van der Waals surface area contributed by atoms with E-state index in [9.17, 15) is 15.3 Å². The average Bonchev–Trinajstić information content (AvgIpc) is 2.37. The van der Waals surface area contributed by atoms with Gasteiger partial charge in [-0.1, -0.05) is 44.2 Å². The van der Waals surface area contributed by atoms with Gasteiger partial charge in [-0.25, -0.2) is 0 Å². The zero-order valence-corrected chi connectivity index (χ0v) is 11.9. The van der Waals surface area contributed by atoms with Crippen LogP contribution in [0, 0.1) is 5.92 Å². The summed E-state index contributed by atoms with van der Waals surface area (Å²) in [6, 6.07) is 9.93. The Morgan fingerprint density at radius 1 is 1.00 bits per heavy atom. The monoisotopic (exact) mass is 267 g/mol. The second kappa shape index (κ2) is 7.60. The summed E-state index contributed by atoms with van der Waals surface area (Å²) in [7, 11) is 1.88. The topological polar surface area (TPSA) is 63.9 Å². The first-order chi connectivity index (χ1) is 8.91. The van der Waals surface area contributed by atoms with Crippen molar-refractivity contribution in [3.63, 3.8) is 0 Å². The molecule has 0 radical (unpaired) electrons. The third-order valence-corrected chi connectivity index (χ3v) is 3.22. The highest BCUT2D eigenvalue weighted by Crippen LogP contribution is 2.11. The molecule has 0 heterocycles. The van der Waals surface area contributed by atoms with Crippen molar-refractivity contribution in [2.45, 2.75) is 38.7 Å². The lowest BCUT2D eigenvalue weighted by Gasteiger charge is -2.28. The van der Waals surface area contributed by atoms with E-state index in [1.54, 1.807) is 0 Å². The van der Waals surface area contributed by atoms with E-state index in [0.717, 1.165) is 5.56 Å². The fourth-order valence-corrected chi connectivity index (χ4v) is 2.01. The predicted octanol–water partition coefficient (Wildman–Crippen LogP) is 0.857. The van der Waals surface area contributed by atoms with Crippen LogP contribution in [0.2, 0.25) is 0 Å². The minimum absolute atomic E-state index is 0.0796. The standard InChI is InChI=1S/C15H25NO3/c1-11(2)14(18)15(19)13(17)10-16(3)9-12-7-5-4-6-8-12/h4-8,11,13-15,17-19H,9-10H2,1-3H3. The molecule has 3 unspecified atom stereocenters. The van der Waals surface area contributed by atoms with E-state index in [4.69, 9.17) is 0 Å². The van der Waals surface area contributed by atoms with E-state index >= 15 is 0 Å². The first-order valence-electron chi connectivity index (χ1n) is 6.68. The number of hydrogen-bond donors (Lipinski definition) is 3. The van der Waals surface area contributed by atoms with E-state index < -0.39 is 18.3 Å². The quantitative estimate of drug-likeness (QED) is 0.685. The summed E-state index contributed by atoms with van der Waals surface area (Å²) in [5.41, 5.74) is 1.15. The highest BCUT2D eigenvalue weighted by molar-refractivity contribution is 5.14. The van der Waals surface area contributed by atoms with Gasteiger partial charge in [-0.05, 0) is 18.5 Å². The van der Waals surface area contributed by atoms with Gasteiger partial charge in [0.05, 0.1) is 12.2 Å². The Kier molecular flexibility index (Phi) is 6.45. The van der Waals surface area contributed by atoms with Gasteiger partial charge in [-0.2, -0.15) is 0 Å². The summed E-state index contributed by atoms with van der Waals surface area (Å²) in [5.74, 6) is -0.0796. The van der Waals surface area contributed by atoms with Gasteiger partial charge in [0.2, 0.25) is 0 Å². The van der Waals surface area contributed by atoms with Gasteiger partial charge in [0, 0.05) is 13.1 Å². The molecule has 0 saturated heterocycles. The molecule has 1 rings (SSSR count). The second-order valence-corrected chi connectivity index (χ2v) is 5.47. The van der Waals surface area contributed by atoms with Crippen molar-refractivity contribution in [3.05, 3.63) is 35.9 Å². The zero-order chi connectivity index (χ0) is 14.4. The molecular weight excluding hydrogens is 242 g/mol. The van der Waals surface area contributed by atoms with Gasteiger partial charge in [0.1, 0.15) is 6.10 Å². The molecule has 4 nitrogen and oxygen atoms in total. The molecule has 1 aromatic rings. The lowest BCUT2D eigenvalue weighted by Crippen LogP contribution is -2.45. The van der Waals surface area contributed by atoms with Crippen molar-refractivity contribution in [3.8, 4) is 0 Å². The molecule has 108 valence electrons. The minimum atomic E-state index is -1.11. The van der Waals surface area contributed by atoms with Crippen LogP contribution in [0.1, 0.15) is 19.4 Å². The fourth-order valence-electron chi connectivity index (χ4n) is 2.01. The molecule has 0 aliphatic carbocycles. The van der Waals surface area contributed by atoms with Gasteiger partial charge in [-0.15, -0.1) is 0 Å². The molecule has 0 aromatic heterocycles. The molecular formula is C15H25NO3. The van der Waals surface area contributed by atoms with E-state index in [1.807, 2.05) is 56.1 Å². The molecule has 0 amide bonds. The lowest BCUT2D eigenvalue weighted by atomic mass is 9.98. The molecule has 0 aliphatic heterocycles. The number of nitrogens with zero attached hydrogens (tertiary/aromatic N) is 1. The number of benzene rings is 1. The fraction of sp³-hybridized carbons (Fsp3) is 0.600. The van der Waals surface area contributed by atoms with Crippen molar-refractivity contribution in [2.75, 3.05) is 13.6 Å². The molecule has 3 N–H and O–H groups in total. The maximum atomic E-state index is 9.93. The summed E-state index contributed by atoms with van der Waals surface area (Å²) in [5, 5.41) is 29.5. The summed E-state index contributed by atoms with van der Waals surface area (Å²) >= 11 is 0. The third kappa shape index (κ3) is 5.28. The van der Waals surface area contributed by atoms with Gasteiger partial charge < -0.3 is 15.3 Å². The van der Waals surface area contributed by atoms with Crippen molar-refractivity contribution in [2.24, 2.45) is 5.92 Å². The van der Waals surface area contributed by atoms with Crippen LogP contribution in [-0.4, -0.2) is 52.1 Å². The van der Waals surface area contributed by atoms with Crippen LogP contribution in [0.5, 0.6) is 0 Å². The Morgan fingerprint density at radius 2 is 1.58 bits per heavy atom. The van der Waals surface area contributed by atoms with Crippen LogP contribution in [0.3, 0.4) is 0 Å². The SMILES string of the molecule is CC(C)C(O)C(O)C(O)CN(C)Cc1ccccc1. The van der Waals surface area contributed by atoms with Crippen molar-refractivity contribution >= 4 is 0 Å². The van der Waals surface area contributed by atoms with Crippen LogP contribution < -0.4 is 0 Å². The highest BCUT2D eigenvalue weighted by Gasteiger charge is 2.27. The van der Waals surface area contributed by atoms with E-state index in [1.165, 1.54) is 0 Å². The minimum Gasteiger partial charge on any atom is -0.390 e. The number of rotatable bonds is 7. The normalized spacial score (nSPS) is 16.6. The van der Waals surface area contributed by atoms with Gasteiger partial charge in [-0.3, -0.25) is 4.90 Å². The first-order valence-corrected chi connectivity index (χ1v) is 6.68. The Morgan fingerprint density at radius 3 is 2.11 bits per heavy atom. The number of aliphatic hydroxyl groups is 3. The van der Waals surface area contributed by atoms with Gasteiger partial charge in [0.25, 0.3) is 0 Å². The van der Waals surface area contributed by atoms with Crippen LogP contribution in [0.25, 0.3) is 0 Å². The summed E-state index contributed by atoms with van der Waals surface area (Å²) in [6.45, 7) is 4.64. The summed E-state index contributed by atoms with van der Waals surface area (Å²) in [4.78, 5) is 1.93. The highest BCUT2D eigenvalue weighted by atomic mass is 16.4. The maximum absolute atomic E-state index is 9.93. The number of likely N-dealkylation sites (N-methyl/N-ethyl adjacent to an activating group) is 1. The molecule has 0 saturated carbocycles. The lowest BCUT2D eigenvalue weighted by molar-refractivity contribution is -0.0826. The molecule has 0 spiro atoms. The maximum Gasteiger partial charge on any atom is 0.107 e. The predicted molar refractivity (Wildman–Crippen MR) is 75.6 cm³/mol. The Hall–Kier alpha value is -0.940.